The summed E-state index contributed by atoms with van der Waals surface area (Å²) < 4.78 is 5.44. The zero-order chi connectivity index (χ0) is 17.6. The second kappa shape index (κ2) is 8.15. The van der Waals surface area contributed by atoms with Crippen molar-refractivity contribution in [1.82, 2.24) is 9.88 Å². The summed E-state index contributed by atoms with van der Waals surface area (Å²) in [5, 5.41) is 0. The van der Waals surface area contributed by atoms with Gasteiger partial charge in [0.1, 0.15) is 0 Å². The van der Waals surface area contributed by atoms with Crippen LogP contribution in [0.25, 0.3) is 0 Å². The lowest BCUT2D eigenvalue weighted by Gasteiger charge is -2.31. The molecule has 2 atom stereocenters. The standard InChI is InChI=1S/C21H26N2O2/c1-3-18(16-9-6-5-7-10-16)19-11-8-14-23(19)21(24)17-12-13-22-20(15-17)25-4-2/h5-7,9-10,12-13,15,18-19H,3-4,8,11,14H2,1-2H3. The van der Waals surface area contributed by atoms with Gasteiger partial charge in [0.15, 0.2) is 0 Å². The lowest BCUT2D eigenvalue weighted by Crippen LogP contribution is -2.39. The van der Waals surface area contributed by atoms with Crippen LogP contribution in [0.5, 0.6) is 5.88 Å². The van der Waals surface area contributed by atoms with Gasteiger partial charge < -0.3 is 9.64 Å². The van der Waals surface area contributed by atoms with E-state index in [9.17, 15) is 4.79 Å². The Labute approximate surface area is 149 Å². The van der Waals surface area contributed by atoms with Crippen molar-refractivity contribution in [3.63, 3.8) is 0 Å². The predicted octanol–water partition coefficient (Wildman–Crippen LogP) is 4.28. The monoisotopic (exact) mass is 338 g/mol. The Hall–Kier alpha value is -2.36. The molecular weight excluding hydrogens is 312 g/mol. The Morgan fingerprint density at radius 2 is 2.08 bits per heavy atom. The fourth-order valence-electron chi connectivity index (χ4n) is 3.83. The highest BCUT2D eigenvalue weighted by Crippen LogP contribution is 2.34. The molecule has 132 valence electrons. The maximum Gasteiger partial charge on any atom is 0.254 e. The lowest BCUT2D eigenvalue weighted by molar-refractivity contribution is 0.0714. The summed E-state index contributed by atoms with van der Waals surface area (Å²) >= 11 is 0. The maximum atomic E-state index is 13.1. The predicted molar refractivity (Wildman–Crippen MR) is 98.9 cm³/mol. The van der Waals surface area contributed by atoms with Gasteiger partial charge in [0.25, 0.3) is 5.91 Å². The normalized spacial score (nSPS) is 18.2. The number of pyridine rings is 1. The molecule has 2 aromatic rings. The summed E-state index contributed by atoms with van der Waals surface area (Å²) in [5.74, 6) is 0.972. The van der Waals surface area contributed by atoms with Gasteiger partial charge >= 0.3 is 0 Å². The van der Waals surface area contributed by atoms with E-state index in [2.05, 4.69) is 36.2 Å². The average molecular weight is 338 g/mol. The number of carbonyl (C=O) groups is 1. The number of benzene rings is 1. The first-order valence-corrected chi connectivity index (χ1v) is 9.19. The summed E-state index contributed by atoms with van der Waals surface area (Å²) in [5.41, 5.74) is 1.98. The maximum absolute atomic E-state index is 13.1. The topological polar surface area (TPSA) is 42.4 Å². The summed E-state index contributed by atoms with van der Waals surface area (Å²) in [6, 6.07) is 14.3. The number of rotatable bonds is 6. The summed E-state index contributed by atoms with van der Waals surface area (Å²) in [7, 11) is 0. The number of carbonyl (C=O) groups excluding carboxylic acids is 1. The molecule has 2 unspecified atom stereocenters. The molecule has 1 amide bonds. The number of aromatic nitrogens is 1. The molecule has 4 nitrogen and oxygen atoms in total. The molecule has 3 rings (SSSR count). The average Bonchev–Trinajstić information content (AvgIpc) is 3.12. The highest BCUT2D eigenvalue weighted by molar-refractivity contribution is 5.94. The van der Waals surface area contributed by atoms with E-state index >= 15 is 0 Å². The SMILES string of the molecule is CCOc1cc(C(=O)N2CCCC2C(CC)c2ccccc2)ccn1. The Bertz CT molecular complexity index is 702. The van der Waals surface area contributed by atoms with Crippen LogP contribution in [0.3, 0.4) is 0 Å². The molecule has 0 spiro atoms. The third kappa shape index (κ3) is 3.84. The van der Waals surface area contributed by atoms with Crippen molar-refractivity contribution in [1.29, 1.82) is 0 Å². The van der Waals surface area contributed by atoms with Gasteiger partial charge in [-0.05, 0) is 37.8 Å². The van der Waals surface area contributed by atoms with Gasteiger partial charge in [-0.3, -0.25) is 4.79 Å². The first-order chi connectivity index (χ1) is 12.2. The van der Waals surface area contributed by atoms with Crippen LogP contribution in [0.15, 0.2) is 48.7 Å². The van der Waals surface area contributed by atoms with E-state index in [4.69, 9.17) is 4.74 Å². The third-order valence-electron chi connectivity index (χ3n) is 4.97. The highest BCUT2D eigenvalue weighted by atomic mass is 16.5. The van der Waals surface area contributed by atoms with E-state index in [1.54, 1.807) is 18.3 Å². The van der Waals surface area contributed by atoms with E-state index in [1.807, 2.05) is 17.9 Å². The first-order valence-electron chi connectivity index (χ1n) is 9.19. The van der Waals surface area contributed by atoms with Crippen molar-refractivity contribution in [2.24, 2.45) is 0 Å². The summed E-state index contributed by atoms with van der Waals surface area (Å²) in [4.78, 5) is 19.3. The third-order valence-corrected chi connectivity index (χ3v) is 4.97. The fraction of sp³-hybridized carbons (Fsp3) is 0.429. The van der Waals surface area contributed by atoms with Gasteiger partial charge in [0, 0.05) is 36.3 Å². The Morgan fingerprint density at radius 3 is 2.80 bits per heavy atom. The van der Waals surface area contributed by atoms with Crippen molar-refractivity contribution in [2.75, 3.05) is 13.2 Å². The minimum atomic E-state index is 0.0836. The van der Waals surface area contributed by atoms with Crippen LogP contribution in [0.1, 0.15) is 54.9 Å². The van der Waals surface area contributed by atoms with E-state index < -0.39 is 0 Å². The second-order valence-electron chi connectivity index (χ2n) is 6.45. The molecule has 0 N–H and O–H groups in total. The Morgan fingerprint density at radius 1 is 1.28 bits per heavy atom. The molecule has 0 radical (unpaired) electrons. The van der Waals surface area contributed by atoms with Gasteiger partial charge in [-0.1, -0.05) is 37.3 Å². The van der Waals surface area contributed by atoms with Crippen molar-refractivity contribution in [2.45, 2.75) is 45.1 Å². The molecule has 1 aromatic heterocycles. The van der Waals surface area contributed by atoms with Crippen LogP contribution in [0.4, 0.5) is 0 Å². The molecule has 0 saturated carbocycles. The van der Waals surface area contributed by atoms with Crippen molar-refractivity contribution >= 4 is 5.91 Å². The molecule has 0 aliphatic carbocycles. The molecule has 1 aromatic carbocycles. The van der Waals surface area contributed by atoms with Gasteiger partial charge in [-0.2, -0.15) is 0 Å². The summed E-state index contributed by atoms with van der Waals surface area (Å²) in [6.07, 6.45) is 4.79. The Kier molecular flexibility index (Phi) is 5.69. The fourth-order valence-corrected chi connectivity index (χ4v) is 3.83. The summed E-state index contributed by atoms with van der Waals surface area (Å²) in [6.45, 7) is 5.48. The van der Waals surface area contributed by atoms with Crippen LogP contribution >= 0.6 is 0 Å². The molecule has 2 heterocycles. The van der Waals surface area contributed by atoms with Crippen LogP contribution in [0, 0.1) is 0 Å². The van der Waals surface area contributed by atoms with Crippen LogP contribution < -0.4 is 4.74 Å². The molecule has 1 fully saturated rings. The molecule has 1 saturated heterocycles. The van der Waals surface area contributed by atoms with Gasteiger partial charge in [-0.25, -0.2) is 4.98 Å². The molecule has 25 heavy (non-hydrogen) atoms. The van der Waals surface area contributed by atoms with Crippen LogP contribution in [0.2, 0.25) is 0 Å². The van der Waals surface area contributed by atoms with Crippen molar-refractivity contribution in [3.8, 4) is 5.88 Å². The van der Waals surface area contributed by atoms with Gasteiger partial charge in [0.2, 0.25) is 5.88 Å². The van der Waals surface area contributed by atoms with Gasteiger partial charge in [-0.15, -0.1) is 0 Å². The number of nitrogens with zero attached hydrogens (tertiary/aromatic N) is 2. The van der Waals surface area contributed by atoms with Crippen molar-refractivity contribution < 1.29 is 9.53 Å². The molecule has 4 heteroatoms. The highest BCUT2D eigenvalue weighted by Gasteiger charge is 2.35. The number of ether oxygens (including phenoxy) is 1. The second-order valence-corrected chi connectivity index (χ2v) is 6.45. The van der Waals surface area contributed by atoms with E-state index in [0.717, 1.165) is 25.8 Å². The zero-order valence-corrected chi connectivity index (χ0v) is 15.0. The van der Waals surface area contributed by atoms with Crippen LogP contribution in [-0.2, 0) is 0 Å². The number of likely N-dealkylation sites (tertiary alicyclic amines) is 1. The smallest absolute Gasteiger partial charge is 0.254 e. The molecule has 1 aliphatic rings. The number of hydrogen-bond donors (Lipinski definition) is 0. The molecular formula is C21H26N2O2. The number of amides is 1. The lowest BCUT2D eigenvalue weighted by atomic mass is 9.87. The van der Waals surface area contributed by atoms with Gasteiger partial charge in [0.05, 0.1) is 6.61 Å². The van der Waals surface area contributed by atoms with Crippen molar-refractivity contribution in [3.05, 3.63) is 59.8 Å². The molecule has 1 aliphatic heterocycles. The van der Waals surface area contributed by atoms with E-state index in [1.165, 1.54) is 5.56 Å². The van der Waals surface area contributed by atoms with E-state index in [0.29, 0.717) is 24.0 Å². The largest absolute Gasteiger partial charge is 0.478 e. The Balaban J connectivity index is 1.83. The number of hydrogen-bond acceptors (Lipinski definition) is 3. The van der Waals surface area contributed by atoms with Crippen LogP contribution in [-0.4, -0.2) is 35.0 Å². The minimum Gasteiger partial charge on any atom is -0.478 e. The first kappa shape index (κ1) is 17.5. The molecule has 0 bridgehead atoms. The minimum absolute atomic E-state index is 0.0836. The quantitative estimate of drug-likeness (QED) is 0.789. The van der Waals surface area contributed by atoms with E-state index in [-0.39, 0.29) is 11.9 Å². The zero-order valence-electron chi connectivity index (χ0n) is 15.0.